The Morgan fingerprint density at radius 2 is 0.757 bits per heavy atom. The lowest BCUT2D eigenvalue weighted by molar-refractivity contribution is -0.145. The largest absolute Gasteiger partial charge is 0.466 e. The first-order valence-electron chi connectivity index (χ1n) is 24.5. The monoisotopic (exact) mass is 995 g/mol. The van der Waals surface area contributed by atoms with Crippen LogP contribution in [-0.2, 0) is 66.7 Å². The number of nitrogens with one attached hydrogen (secondary N) is 2. The van der Waals surface area contributed by atoms with Crippen molar-refractivity contribution in [1.82, 2.24) is 10.6 Å². The van der Waals surface area contributed by atoms with Crippen LogP contribution in [0, 0.1) is 22.7 Å². The average molecular weight is 995 g/mol. The number of ether oxygens (including phenoxy) is 8. The summed E-state index contributed by atoms with van der Waals surface area (Å²) in [7, 11) is 0. The van der Waals surface area contributed by atoms with E-state index in [1.807, 2.05) is 0 Å². The lowest BCUT2D eigenvalue weighted by Gasteiger charge is -2.28. The first-order chi connectivity index (χ1) is 33.2. The number of carbonyl (C=O) groups is 8. The normalized spacial score (nSPS) is 11.6. The summed E-state index contributed by atoms with van der Waals surface area (Å²) in [6.45, 7) is 29.2. The van der Waals surface area contributed by atoms with E-state index in [2.05, 4.69) is 78.5 Å². The van der Waals surface area contributed by atoms with Gasteiger partial charge in [0.25, 0.3) is 0 Å². The molecule has 400 valence electrons. The van der Waals surface area contributed by atoms with E-state index in [1.165, 1.54) is 0 Å². The van der Waals surface area contributed by atoms with E-state index in [-0.39, 0.29) is 68.3 Å². The van der Waals surface area contributed by atoms with Gasteiger partial charge in [-0.15, -0.1) is 0 Å². The van der Waals surface area contributed by atoms with Crippen molar-refractivity contribution >= 4 is 48.0 Å². The molecule has 0 saturated carbocycles. The molecule has 0 radical (unpaired) electrons. The van der Waals surface area contributed by atoms with Gasteiger partial charge in [0, 0.05) is 50.2 Å². The van der Waals surface area contributed by atoms with E-state index in [1.54, 1.807) is 0 Å². The zero-order valence-electron chi connectivity index (χ0n) is 43.2. The Morgan fingerprint density at radius 3 is 1.14 bits per heavy atom. The zero-order chi connectivity index (χ0) is 53.1. The highest BCUT2D eigenvalue weighted by Crippen LogP contribution is 2.31. The molecule has 18 nitrogen and oxygen atoms in total. The van der Waals surface area contributed by atoms with Gasteiger partial charge in [-0.1, -0.05) is 74.3 Å². The number of unbranched alkanes of at least 4 members (excludes halogenated alkanes) is 4. The first kappa shape index (κ1) is 66.4. The maximum Gasteiger partial charge on any atom is 0.407 e. The fourth-order valence-corrected chi connectivity index (χ4v) is 6.80. The summed E-state index contributed by atoms with van der Waals surface area (Å²) in [6.07, 6.45) is 14.2. The van der Waals surface area contributed by atoms with Crippen LogP contribution in [0.3, 0.4) is 0 Å². The summed E-state index contributed by atoms with van der Waals surface area (Å²) >= 11 is 0. The smallest absolute Gasteiger partial charge is 0.407 e. The molecular weight excluding hydrogens is 909 g/mol. The minimum Gasteiger partial charge on any atom is -0.466 e. The number of alkyl carbamates (subject to hydrolysis) is 2. The predicted molar refractivity (Wildman–Crippen MR) is 265 cm³/mol. The topological polar surface area (TPSA) is 234 Å². The van der Waals surface area contributed by atoms with Gasteiger partial charge in [-0.05, 0) is 106 Å². The van der Waals surface area contributed by atoms with Gasteiger partial charge in [0.2, 0.25) is 0 Å². The number of hydrogen-bond acceptors (Lipinski definition) is 16. The summed E-state index contributed by atoms with van der Waals surface area (Å²) in [5.74, 6) is -1.63. The maximum atomic E-state index is 11.9. The minimum absolute atomic E-state index is 0.0170. The van der Waals surface area contributed by atoms with Crippen LogP contribution >= 0.6 is 0 Å². The molecule has 2 N–H and O–H groups in total. The van der Waals surface area contributed by atoms with Gasteiger partial charge in [-0.2, -0.15) is 0 Å². The number of esters is 6. The third kappa shape index (κ3) is 44.8. The van der Waals surface area contributed by atoms with Crippen LogP contribution in [0.4, 0.5) is 9.59 Å². The van der Waals surface area contributed by atoms with E-state index < -0.39 is 36.1 Å². The van der Waals surface area contributed by atoms with Crippen LogP contribution in [0.5, 0.6) is 0 Å². The van der Waals surface area contributed by atoms with Crippen molar-refractivity contribution in [2.45, 2.75) is 144 Å². The number of hydrogen-bond donors (Lipinski definition) is 2. The molecule has 70 heavy (non-hydrogen) atoms. The highest BCUT2D eigenvalue weighted by molar-refractivity contribution is 5.82. The molecule has 0 aliphatic carbocycles. The van der Waals surface area contributed by atoms with Gasteiger partial charge in [0.05, 0.1) is 52.9 Å². The average Bonchev–Trinajstić information content (AvgIpc) is 3.31. The molecule has 0 fully saturated rings. The van der Waals surface area contributed by atoms with Crippen molar-refractivity contribution in [3.05, 3.63) is 50.6 Å². The molecule has 0 aliphatic heterocycles. The summed E-state index contributed by atoms with van der Waals surface area (Å²) in [5.41, 5.74) is -0.101. The van der Waals surface area contributed by atoms with E-state index in [0.29, 0.717) is 96.4 Å². The molecule has 0 saturated heterocycles. The Bertz CT molecular complexity index is 1580. The summed E-state index contributed by atoms with van der Waals surface area (Å²) < 4.78 is 40.1. The number of rotatable bonds is 40. The molecular formula is C52H86N2O16. The molecule has 0 aromatic carbocycles. The lowest BCUT2D eigenvalue weighted by Crippen LogP contribution is -2.35. The van der Waals surface area contributed by atoms with Crippen molar-refractivity contribution in [3.8, 4) is 0 Å². The van der Waals surface area contributed by atoms with Crippen LogP contribution < -0.4 is 10.6 Å². The predicted octanol–water partition coefficient (Wildman–Crippen LogP) is 8.99. The Labute approximate surface area is 417 Å². The fraction of sp³-hybridized carbons (Fsp3) is 0.692. The van der Waals surface area contributed by atoms with E-state index in [0.717, 1.165) is 62.8 Å². The van der Waals surface area contributed by atoms with E-state index >= 15 is 0 Å². The standard InChI is InChI=1S/2C26H43NO8/c1-6-22(28)32-15-8-9-17-34-24(30)13-12-14-26(4,5)19-21(3)20-27-25(31)35-18-11-10-16-33-23(29)7-2;1-6-22(28)32-15-8-9-17-34-24(30)14-12-13-21(3)19-26(4,5)20-27-25(31)35-18-11-10-16-33-23(29)7-2/h2*6-7,21H,1-2,8-20H2,3-5H3,(H,27,31). The lowest BCUT2D eigenvalue weighted by atomic mass is 9.79. The second-order valence-electron chi connectivity index (χ2n) is 18.5. The number of amides is 2. The van der Waals surface area contributed by atoms with Gasteiger partial charge in [-0.3, -0.25) is 9.59 Å². The van der Waals surface area contributed by atoms with Crippen LogP contribution in [0.2, 0.25) is 0 Å². The summed E-state index contributed by atoms with van der Waals surface area (Å²) in [6, 6.07) is 0. The molecule has 2 atom stereocenters. The molecule has 2 unspecified atom stereocenters. The Morgan fingerprint density at radius 1 is 0.429 bits per heavy atom. The molecule has 0 aliphatic rings. The number of carbonyl (C=O) groups excluding carboxylic acids is 8. The second kappa shape index (κ2) is 42.2. The van der Waals surface area contributed by atoms with Gasteiger partial charge in [0.1, 0.15) is 0 Å². The highest BCUT2D eigenvalue weighted by atomic mass is 16.6. The van der Waals surface area contributed by atoms with E-state index in [9.17, 15) is 38.4 Å². The highest BCUT2D eigenvalue weighted by Gasteiger charge is 2.24. The van der Waals surface area contributed by atoms with Crippen molar-refractivity contribution in [2.24, 2.45) is 22.7 Å². The van der Waals surface area contributed by atoms with Crippen molar-refractivity contribution in [1.29, 1.82) is 0 Å². The van der Waals surface area contributed by atoms with Crippen molar-refractivity contribution < 1.29 is 76.3 Å². The van der Waals surface area contributed by atoms with Crippen molar-refractivity contribution in [3.63, 3.8) is 0 Å². The fourth-order valence-electron chi connectivity index (χ4n) is 6.80. The molecule has 0 aromatic rings. The SMILES string of the molecule is C=CC(=O)OCCCCOC(=O)CCCC(C)(C)CC(C)CNC(=O)OCCCCOC(=O)C=C.C=CC(=O)OCCCCOC(=O)CCCC(C)CC(C)(C)CNC(=O)OCCCCOC(=O)C=C. The minimum atomic E-state index is -0.463. The van der Waals surface area contributed by atoms with Crippen LogP contribution in [0.1, 0.15) is 144 Å². The zero-order valence-corrected chi connectivity index (χ0v) is 43.2. The Kier molecular flexibility index (Phi) is 40.0. The quantitative estimate of drug-likeness (QED) is 0.0252. The van der Waals surface area contributed by atoms with Crippen molar-refractivity contribution in [2.75, 3.05) is 65.9 Å². The molecule has 0 bridgehead atoms. The van der Waals surface area contributed by atoms with Crippen LogP contribution in [-0.4, -0.2) is 114 Å². The maximum absolute atomic E-state index is 11.9. The molecule has 0 spiro atoms. The van der Waals surface area contributed by atoms with Gasteiger partial charge >= 0.3 is 48.0 Å². The Hall–Kier alpha value is -5.68. The van der Waals surface area contributed by atoms with E-state index in [4.69, 9.17) is 37.9 Å². The van der Waals surface area contributed by atoms with Crippen LogP contribution in [0.25, 0.3) is 0 Å². The molecule has 0 heterocycles. The molecule has 18 heteroatoms. The van der Waals surface area contributed by atoms with Gasteiger partial charge < -0.3 is 48.5 Å². The third-order valence-electron chi connectivity index (χ3n) is 10.2. The molecule has 0 aromatic heterocycles. The first-order valence-corrected chi connectivity index (χ1v) is 24.5. The third-order valence-corrected chi connectivity index (χ3v) is 10.2. The second-order valence-corrected chi connectivity index (χ2v) is 18.5. The molecule has 2 amide bonds. The molecule has 0 rings (SSSR count). The summed E-state index contributed by atoms with van der Waals surface area (Å²) in [5, 5.41) is 5.58. The van der Waals surface area contributed by atoms with Crippen LogP contribution in [0.15, 0.2) is 50.6 Å². The van der Waals surface area contributed by atoms with Gasteiger partial charge in [0.15, 0.2) is 0 Å². The Balaban J connectivity index is 0. The summed E-state index contributed by atoms with van der Waals surface area (Å²) in [4.78, 5) is 91.1. The van der Waals surface area contributed by atoms with Gasteiger partial charge in [-0.25, -0.2) is 28.8 Å².